The van der Waals surface area contributed by atoms with Gasteiger partial charge >= 0.3 is 36.4 Å². The van der Waals surface area contributed by atoms with Crippen molar-refractivity contribution in [3.05, 3.63) is 106 Å². The van der Waals surface area contributed by atoms with Crippen molar-refractivity contribution in [3.63, 3.8) is 0 Å². The van der Waals surface area contributed by atoms with Crippen molar-refractivity contribution >= 4 is 53.1 Å². The minimum Gasteiger partial charge on any atom is -0.462 e. The van der Waals surface area contributed by atoms with Crippen LogP contribution in [-0.4, -0.2) is 116 Å². The number of nitriles is 2. The smallest absolute Gasteiger partial charge is 0.434 e. The van der Waals surface area contributed by atoms with Crippen LogP contribution in [0.25, 0.3) is 0 Å². The van der Waals surface area contributed by atoms with Gasteiger partial charge in [0.1, 0.15) is 29.6 Å². The molecule has 2 aromatic heterocycles. The molecule has 16 nitrogen and oxygen atoms in total. The number of piperazine rings is 2. The summed E-state index contributed by atoms with van der Waals surface area (Å²) < 4.78 is 104. The summed E-state index contributed by atoms with van der Waals surface area (Å²) in [4.78, 5) is 63.3. The standard InChI is InChI=1S/C22H21F4N5O3.C22H22F3N5O3S/c1-2-34-20(32)17-11-15(12-27)19(29-18(17)22(24,25)26)30-6-8-31(9-7-30)21(33)28-13-14-4-3-5-16(23)10-14;1-3-33-20(31)17-11-14(13-26)19(28-18(17)22(23,24)25)29-7-9-30(10-8-29)21(32)27-15-5-4-6-16(12-15)34-2/h3-5,10-11H,2,6-9,13H2,1H3,(H,28,33);4-6,11-12H,3,7-10H2,1-2H3,(H,27,32). The number of rotatable bonds is 10. The number of aromatic nitrogens is 2. The Hall–Kier alpha value is -7.34. The number of alkyl halides is 6. The number of nitrogens with zero attached hydrogens (tertiary/aromatic N) is 8. The van der Waals surface area contributed by atoms with Crippen LogP contribution in [0.3, 0.4) is 0 Å². The number of amides is 4. The largest absolute Gasteiger partial charge is 0.462 e. The van der Waals surface area contributed by atoms with Crippen LogP contribution in [0.4, 0.5) is 57.6 Å². The Kier molecular flexibility index (Phi) is 17.4. The molecule has 0 atom stereocenters. The van der Waals surface area contributed by atoms with Crippen LogP contribution in [-0.2, 0) is 28.4 Å². The fourth-order valence-electron chi connectivity index (χ4n) is 6.90. The molecule has 2 aliphatic rings. The second-order valence-electron chi connectivity index (χ2n) is 14.6. The van der Waals surface area contributed by atoms with Gasteiger partial charge < -0.3 is 39.7 Å². The van der Waals surface area contributed by atoms with Gasteiger partial charge in [-0.3, -0.25) is 0 Å². The van der Waals surface area contributed by atoms with E-state index in [1.807, 2.05) is 30.5 Å². The van der Waals surface area contributed by atoms with Gasteiger partial charge in [-0.15, -0.1) is 11.8 Å². The molecular weight excluding hydrogens is 930 g/mol. The van der Waals surface area contributed by atoms with E-state index in [1.165, 1.54) is 51.6 Å². The molecule has 0 unspecified atom stereocenters. The maximum Gasteiger partial charge on any atom is 0.434 e. The van der Waals surface area contributed by atoms with Crippen molar-refractivity contribution in [2.24, 2.45) is 0 Å². The summed E-state index contributed by atoms with van der Waals surface area (Å²) in [6, 6.07) is 17.7. The third-order valence-electron chi connectivity index (χ3n) is 10.2. The number of urea groups is 2. The lowest BCUT2D eigenvalue weighted by Crippen LogP contribution is -2.52. The van der Waals surface area contributed by atoms with Crippen molar-refractivity contribution in [2.45, 2.75) is 37.6 Å². The molecule has 0 spiro atoms. The van der Waals surface area contributed by atoms with Gasteiger partial charge in [0.2, 0.25) is 0 Å². The topological polar surface area (TPSA) is 197 Å². The number of carbonyl (C=O) groups is 4. The summed E-state index contributed by atoms with van der Waals surface area (Å²) in [5.41, 5.74) is -3.65. The van der Waals surface area contributed by atoms with E-state index in [4.69, 9.17) is 4.74 Å². The average molecular weight is 973 g/mol. The van der Waals surface area contributed by atoms with Gasteiger partial charge in [-0.05, 0) is 68.1 Å². The SMILES string of the molecule is CCOC(=O)c1cc(C#N)c(N2CCN(C(=O)NCc3cccc(F)c3)CC2)nc1C(F)(F)F.CCOC(=O)c1cc(C#N)c(N2CCN(C(=O)Nc3cccc(SC)c3)CC2)nc1C(F)(F)F. The van der Waals surface area contributed by atoms with Crippen molar-refractivity contribution in [3.8, 4) is 12.1 Å². The Morgan fingerprint density at radius 1 is 0.691 bits per heavy atom. The van der Waals surface area contributed by atoms with E-state index in [0.29, 0.717) is 11.3 Å². The first kappa shape index (κ1) is 51.6. The van der Waals surface area contributed by atoms with Crippen LogP contribution >= 0.6 is 11.8 Å². The van der Waals surface area contributed by atoms with E-state index < -0.39 is 58.7 Å². The lowest BCUT2D eigenvalue weighted by Gasteiger charge is -2.36. The molecule has 0 aliphatic carbocycles. The predicted octanol–water partition coefficient (Wildman–Crippen LogP) is 7.54. The number of carbonyl (C=O) groups excluding carboxylic acids is 4. The first-order valence-electron chi connectivity index (χ1n) is 20.7. The van der Waals surface area contributed by atoms with Crippen LogP contribution in [0.1, 0.15) is 62.6 Å². The Morgan fingerprint density at radius 3 is 1.59 bits per heavy atom. The molecule has 0 radical (unpaired) electrons. The number of nitrogens with one attached hydrogen (secondary N) is 2. The zero-order valence-electron chi connectivity index (χ0n) is 36.6. The number of anilines is 3. The molecule has 2 aliphatic heterocycles. The van der Waals surface area contributed by atoms with Crippen LogP contribution in [0.15, 0.2) is 65.6 Å². The number of hydrogen-bond donors (Lipinski definition) is 2. The zero-order valence-corrected chi connectivity index (χ0v) is 37.4. The second kappa shape index (κ2) is 22.9. The van der Waals surface area contributed by atoms with Crippen molar-refractivity contribution in [1.82, 2.24) is 25.1 Å². The summed E-state index contributed by atoms with van der Waals surface area (Å²) in [6.45, 7) is 4.06. The molecule has 4 amide bonds. The molecule has 0 bridgehead atoms. The van der Waals surface area contributed by atoms with Crippen LogP contribution in [0, 0.1) is 28.5 Å². The number of esters is 2. The third-order valence-corrected chi connectivity index (χ3v) is 10.9. The Bertz CT molecular complexity index is 2570. The monoisotopic (exact) mass is 972 g/mol. The summed E-state index contributed by atoms with van der Waals surface area (Å²) in [5.74, 6) is -3.24. The highest BCUT2D eigenvalue weighted by Gasteiger charge is 2.41. The number of pyridine rings is 2. The first-order valence-corrected chi connectivity index (χ1v) is 21.9. The van der Waals surface area contributed by atoms with E-state index in [-0.39, 0.29) is 101 Å². The second-order valence-corrected chi connectivity index (χ2v) is 15.5. The molecule has 4 heterocycles. The van der Waals surface area contributed by atoms with Crippen molar-refractivity contribution in [2.75, 3.05) is 86.9 Å². The molecule has 0 saturated carbocycles. The highest BCUT2D eigenvalue weighted by molar-refractivity contribution is 7.98. The van der Waals surface area contributed by atoms with Crippen LogP contribution in [0.5, 0.6) is 0 Å². The number of benzene rings is 2. The summed E-state index contributed by atoms with van der Waals surface area (Å²) in [6.07, 6.45) is -7.94. The molecule has 360 valence electrons. The van der Waals surface area contributed by atoms with Gasteiger partial charge in [0, 0.05) is 69.5 Å². The van der Waals surface area contributed by atoms with Crippen molar-refractivity contribution < 1.29 is 59.4 Å². The molecule has 2 fully saturated rings. The van der Waals surface area contributed by atoms with Crippen LogP contribution in [0.2, 0.25) is 0 Å². The molecule has 24 heteroatoms. The molecule has 68 heavy (non-hydrogen) atoms. The summed E-state index contributed by atoms with van der Waals surface area (Å²) in [5, 5.41) is 24.4. The van der Waals surface area contributed by atoms with E-state index in [2.05, 4.69) is 25.3 Å². The van der Waals surface area contributed by atoms with E-state index in [0.717, 1.165) is 17.0 Å². The Morgan fingerprint density at radius 2 is 1.16 bits per heavy atom. The number of hydrogen-bond acceptors (Lipinski definition) is 13. The minimum atomic E-state index is -4.94. The minimum absolute atomic E-state index is 0.112. The van der Waals surface area contributed by atoms with E-state index >= 15 is 0 Å². The number of halogens is 7. The molecule has 6 rings (SSSR count). The molecular formula is C44H43F7N10O6S. The highest BCUT2D eigenvalue weighted by atomic mass is 32.2. The van der Waals surface area contributed by atoms with Gasteiger partial charge in [0.15, 0.2) is 11.4 Å². The highest BCUT2D eigenvalue weighted by Crippen LogP contribution is 2.36. The summed E-state index contributed by atoms with van der Waals surface area (Å²) in [7, 11) is 0. The van der Waals surface area contributed by atoms with Gasteiger partial charge in [-0.1, -0.05) is 18.2 Å². The van der Waals surface area contributed by atoms with Gasteiger partial charge in [0.25, 0.3) is 0 Å². The van der Waals surface area contributed by atoms with Gasteiger partial charge in [-0.2, -0.15) is 36.9 Å². The third kappa shape index (κ3) is 13.2. The normalized spacial score (nSPS) is 13.9. The molecule has 2 saturated heterocycles. The Balaban J connectivity index is 0.000000254. The molecule has 4 aromatic rings. The maximum atomic E-state index is 13.6. The lowest BCUT2D eigenvalue weighted by atomic mass is 10.1. The Labute approximate surface area is 389 Å². The van der Waals surface area contributed by atoms with Crippen molar-refractivity contribution in [1.29, 1.82) is 10.5 Å². The fraction of sp³-hybridized carbons (Fsp3) is 0.364. The first-order chi connectivity index (χ1) is 32.3. The van der Waals surface area contributed by atoms with Crippen LogP contribution < -0.4 is 20.4 Å². The zero-order chi connectivity index (χ0) is 49.8. The number of ether oxygens (including phenoxy) is 2. The lowest BCUT2D eigenvalue weighted by molar-refractivity contribution is -0.142. The number of thioether (sulfide) groups is 1. The van der Waals surface area contributed by atoms with Gasteiger partial charge in [0.05, 0.1) is 35.5 Å². The quantitative estimate of drug-likeness (QED) is 0.0899. The molecule has 2 aromatic carbocycles. The van der Waals surface area contributed by atoms with E-state index in [1.54, 1.807) is 30.0 Å². The maximum absolute atomic E-state index is 13.6. The average Bonchev–Trinajstić information content (AvgIpc) is 3.32. The predicted molar refractivity (Wildman–Crippen MR) is 233 cm³/mol. The molecule has 2 N–H and O–H groups in total. The summed E-state index contributed by atoms with van der Waals surface area (Å²) >= 11 is 1.54. The van der Waals surface area contributed by atoms with Gasteiger partial charge in [-0.25, -0.2) is 33.5 Å². The van der Waals surface area contributed by atoms with E-state index in [9.17, 15) is 60.4 Å². The fourth-order valence-corrected chi connectivity index (χ4v) is 7.36.